The molecule has 0 N–H and O–H groups in total. The molecule has 0 aliphatic rings. The Morgan fingerprint density at radius 2 is 1.77 bits per heavy atom. The predicted molar refractivity (Wildman–Crippen MR) is 84.2 cm³/mol. The molecule has 0 unspecified atom stereocenters. The summed E-state index contributed by atoms with van der Waals surface area (Å²) in [6.07, 6.45) is 0.374. The molecular weight excluding hydrogens is 276 g/mol. The first-order valence-corrected chi connectivity index (χ1v) is 7.05. The van der Waals surface area contributed by atoms with Crippen LogP contribution < -0.4 is 4.74 Å². The van der Waals surface area contributed by atoms with Crippen molar-refractivity contribution in [2.75, 3.05) is 13.7 Å². The van der Waals surface area contributed by atoms with E-state index in [9.17, 15) is 4.79 Å². The average molecular weight is 294 g/mol. The van der Waals surface area contributed by atoms with Gasteiger partial charge < -0.3 is 9.64 Å². The lowest BCUT2D eigenvalue weighted by molar-refractivity contribution is -0.132. The van der Waals surface area contributed by atoms with Gasteiger partial charge in [-0.1, -0.05) is 42.5 Å². The zero-order valence-corrected chi connectivity index (χ0v) is 12.5. The lowest BCUT2D eigenvalue weighted by Gasteiger charge is -2.17. The Balaban J connectivity index is 1.83. The van der Waals surface area contributed by atoms with E-state index in [0.717, 1.165) is 11.1 Å². The minimum atomic E-state index is -0.0787. The van der Waals surface area contributed by atoms with Crippen molar-refractivity contribution in [3.05, 3.63) is 65.7 Å². The van der Waals surface area contributed by atoms with E-state index in [1.807, 2.05) is 42.5 Å². The van der Waals surface area contributed by atoms with Crippen LogP contribution in [0.4, 0.5) is 0 Å². The number of hydrogen-bond donors (Lipinski definition) is 0. The second-order valence-electron chi connectivity index (χ2n) is 5.00. The summed E-state index contributed by atoms with van der Waals surface area (Å²) < 4.78 is 5.49. The van der Waals surface area contributed by atoms with Gasteiger partial charge in [0.15, 0.2) is 6.61 Å². The van der Waals surface area contributed by atoms with Gasteiger partial charge in [-0.25, -0.2) is 0 Å². The number of carbonyl (C=O) groups is 1. The van der Waals surface area contributed by atoms with E-state index in [-0.39, 0.29) is 12.5 Å². The van der Waals surface area contributed by atoms with Crippen molar-refractivity contribution in [2.45, 2.75) is 13.0 Å². The molecule has 0 fully saturated rings. The lowest BCUT2D eigenvalue weighted by Crippen LogP contribution is -2.30. The Hall–Kier alpha value is -2.80. The molecule has 0 saturated carbocycles. The largest absolute Gasteiger partial charge is 0.484 e. The monoisotopic (exact) mass is 294 g/mol. The Labute approximate surface area is 130 Å². The molecule has 0 bridgehead atoms. The highest BCUT2D eigenvalue weighted by atomic mass is 16.5. The van der Waals surface area contributed by atoms with Crippen molar-refractivity contribution in [3.8, 4) is 11.8 Å². The first-order chi connectivity index (χ1) is 10.7. The molecule has 112 valence electrons. The zero-order chi connectivity index (χ0) is 15.8. The van der Waals surface area contributed by atoms with Gasteiger partial charge >= 0.3 is 0 Å². The molecule has 4 nitrogen and oxygen atoms in total. The van der Waals surface area contributed by atoms with Gasteiger partial charge in [0.1, 0.15) is 5.75 Å². The highest BCUT2D eigenvalue weighted by molar-refractivity contribution is 5.77. The maximum atomic E-state index is 12.0. The molecule has 22 heavy (non-hydrogen) atoms. The number of carbonyl (C=O) groups excluding carboxylic acids is 1. The zero-order valence-electron chi connectivity index (χ0n) is 12.5. The first-order valence-electron chi connectivity index (χ1n) is 7.05. The molecular formula is C18H18N2O2. The van der Waals surface area contributed by atoms with E-state index in [4.69, 9.17) is 10.00 Å². The topological polar surface area (TPSA) is 53.3 Å². The molecule has 0 heterocycles. The fraction of sp³-hybridized carbons (Fsp3) is 0.222. The fourth-order valence-corrected chi connectivity index (χ4v) is 2.00. The highest BCUT2D eigenvalue weighted by Crippen LogP contribution is 2.12. The Morgan fingerprint density at radius 3 is 2.41 bits per heavy atom. The van der Waals surface area contributed by atoms with E-state index in [2.05, 4.69) is 6.07 Å². The van der Waals surface area contributed by atoms with Crippen LogP contribution in [0, 0.1) is 11.3 Å². The molecule has 0 aromatic heterocycles. The van der Waals surface area contributed by atoms with Gasteiger partial charge in [-0.2, -0.15) is 5.26 Å². The maximum Gasteiger partial charge on any atom is 0.260 e. The molecule has 0 saturated heterocycles. The molecule has 2 aromatic carbocycles. The van der Waals surface area contributed by atoms with Gasteiger partial charge in [-0.3, -0.25) is 4.79 Å². The Morgan fingerprint density at radius 1 is 1.09 bits per heavy atom. The standard InChI is InChI=1S/C18H18N2O2/c1-20(13-16-5-3-2-4-6-16)18(21)14-22-17-9-7-15(8-10-17)11-12-19/h2-10H,11,13-14H2,1H3. The number of nitrogens with zero attached hydrogens (tertiary/aromatic N) is 2. The van der Waals surface area contributed by atoms with Gasteiger partial charge in [-0.05, 0) is 23.3 Å². The minimum absolute atomic E-state index is 0.000923. The van der Waals surface area contributed by atoms with Crippen molar-refractivity contribution < 1.29 is 9.53 Å². The third-order valence-corrected chi connectivity index (χ3v) is 3.26. The smallest absolute Gasteiger partial charge is 0.260 e. The van der Waals surface area contributed by atoms with Crippen molar-refractivity contribution in [1.82, 2.24) is 4.90 Å². The van der Waals surface area contributed by atoms with Crippen LogP contribution in [0.5, 0.6) is 5.75 Å². The number of rotatable bonds is 6. The van der Waals surface area contributed by atoms with Crippen LogP contribution in [-0.4, -0.2) is 24.5 Å². The van der Waals surface area contributed by atoms with E-state index < -0.39 is 0 Å². The van der Waals surface area contributed by atoms with Crippen molar-refractivity contribution in [1.29, 1.82) is 5.26 Å². The third kappa shape index (κ3) is 4.64. The first kappa shape index (κ1) is 15.6. The van der Waals surface area contributed by atoms with Gasteiger partial charge in [0.2, 0.25) is 0 Å². The van der Waals surface area contributed by atoms with Crippen LogP contribution in [0.3, 0.4) is 0 Å². The Kier molecular flexibility index (Phi) is 5.56. The predicted octanol–water partition coefficient (Wildman–Crippen LogP) is 2.79. The lowest BCUT2D eigenvalue weighted by atomic mass is 10.2. The summed E-state index contributed by atoms with van der Waals surface area (Å²) in [6, 6.07) is 19.1. The third-order valence-electron chi connectivity index (χ3n) is 3.26. The molecule has 0 spiro atoms. The second kappa shape index (κ2) is 7.84. The van der Waals surface area contributed by atoms with Gasteiger partial charge in [0.05, 0.1) is 12.5 Å². The van der Waals surface area contributed by atoms with Crippen LogP contribution in [0.25, 0.3) is 0 Å². The van der Waals surface area contributed by atoms with Gasteiger partial charge in [0, 0.05) is 13.6 Å². The fourth-order valence-electron chi connectivity index (χ4n) is 2.00. The number of ether oxygens (including phenoxy) is 1. The minimum Gasteiger partial charge on any atom is -0.484 e. The van der Waals surface area contributed by atoms with Crippen LogP contribution in [-0.2, 0) is 17.8 Å². The SMILES string of the molecule is CN(Cc1ccccc1)C(=O)COc1ccc(CC#N)cc1. The van der Waals surface area contributed by atoms with E-state index in [1.54, 1.807) is 24.1 Å². The van der Waals surface area contributed by atoms with Crippen LogP contribution >= 0.6 is 0 Å². The maximum absolute atomic E-state index is 12.0. The molecule has 0 aliphatic heterocycles. The van der Waals surface area contributed by atoms with Crippen molar-refractivity contribution in [2.24, 2.45) is 0 Å². The summed E-state index contributed by atoms with van der Waals surface area (Å²) in [5.74, 6) is 0.549. The summed E-state index contributed by atoms with van der Waals surface area (Å²) in [7, 11) is 1.76. The quantitative estimate of drug-likeness (QED) is 0.823. The number of likely N-dealkylation sites (N-methyl/N-ethyl adjacent to an activating group) is 1. The number of benzene rings is 2. The highest BCUT2D eigenvalue weighted by Gasteiger charge is 2.10. The van der Waals surface area contributed by atoms with E-state index in [1.165, 1.54) is 0 Å². The van der Waals surface area contributed by atoms with Crippen LogP contribution in [0.1, 0.15) is 11.1 Å². The van der Waals surface area contributed by atoms with Crippen LogP contribution in [0.15, 0.2) is 54.6 Å². The van der Waals surface area contributed by atoms with Gasteiger partial charge in [0.25, 0.3) is 5.91 Å². The van der Waals surface area contributed by atoms with Crippen molar-refractivity contribution in [3.63, 3.8) is 0 Å². The van der Waals surface area contributed by atoms with Gasteiger partial charge in [-0.15, -0.1) is 0 Å². The number of hydrogen-bond acceptors (Lipinski definition) is 3. The molecule has 0 radical (unpaired) electrons. The van der Waals surface area contributed by atoms with E-state index >= 15 is 0 Å². The van der Waals surface area contributed by atoms with Crippen molar-refractivity contribution >= 4 is 5.91 Å². The second-order valence-corrected chi connectivity index (χ2v) is 5.00. The molecule has 0 atom stereocenters. The molecule has 1 amide bonds. The van der Waals surface area contributed by atoms with E-state index in [0.29, 0.717) is 18.7 Å². The normalized spacial score (nSPS) is 9.82. The summed E-state index contributed by atoms with van der Waals surface area (Å²) in [4.78, 5) is 13.7. The molecule has 2 rings (SSSR count). The summed E-state index contributed by atoms with van der Waals surface area (Å²) in [5.41, 5.74) is 2.02. The molecule has 0 aliphatic carbocycles. The number of nitriles is 1. The summed E-state index contributed by atoms with van der Waals surface area (Å²) in [5, 5.41) is 8.62. The number of amides is 1. The van der Waals surface area contributed by atoms with Crippen LogP contribution in [0.2, 0.25) is 0 Å². The molecule has 4 heteroatoms. The molecule has 2 aromatic rings. The average Bonchev–Trinajstić information content (AvgIpc) is 2.55. The summed E-state index contributed by atoms with van der Waals surface area (Å²) in [6.45, 7) is 0.561. The Bertz CT molecular complexity index is 645. The summed E-state index contributed by atoms with van der Waals surface area (Å²) >= 11 is 0.